The highest BCUT2D eigenvalue weighted by Gasteiger charge is 2.49. The van der Waals surface area contributed by atoms with Gasteiger partial charge in [0, 0.05) is 31.9 Å². The molecule has 2 amide bonds. The van der Waals surface area contributed by atoms with Gasteiger partial charge in [-0.25, -0.2) is 4.39 Å². The van der Waals surface area contributed by atoms with Gasteiger partial charge in [-0.1, -0.05) is 12.1 Å². The van der Waals surface area contributed by atoms with Gasteiger partial charge in [0.05, 0.1) is 24.6 Å². The fourth-order valence-electron chi connectivity index (χ4n) is 3.80. The summed E-state index contributed by atoms with van der Waals surface area (Å²) in [6.07, 6.45) is 0.581. The average Bonchev–Trinajstić information content (AvgIpc) is 3.55. The van der Waals surface area contributed by atoms with Gasteiger partial charge in [0.2, 0.25) is 11.8 Å². The minimum Gasteiger partial charge on any atom is -0.495 e. The number of hydrogen-bond acceptors (Lipinski definition) is 4. The van der Waals surface area contributed by atoms with Crippen molar-refractivity contribution in [3.63, 3.8) is 0 Å². The molecule has 2 aliphatic rings. The number of nitrogens with zero attached hydrogens (tertiary/aromatic N) is 2. The Morgan fingerprint density at radius 2 is 1.69 bits per heavy atom. The third kappa shape index (κ3) is 4.18. The number of carbonyl (C=O) groups excluding carboxylic acids is 2. The number of piperazine rings is 1. The smallest absolute Gasteiger partial charge is 0.228 e. The molecule has 6 nitrogen and oxygen atoms in total. The summed E-state index contributed by atoms with van der Waals surface area (Å²) in [5.41, 5.74) is 1.57. The molecule has 7 heteroatoms. The van der Waals surface area contributed by atoms with Crippen molar-refractivity contribution in [3.8, 4) is 5.75 Å². The SMILES string of the molecule is COc1ccccc1NC(=O)C1CC1C(=O)N1CCN(c2ccc(F)cc2)CC1. The molecular formula is C22H24FN3O3. The van der Waals surface area contributed by atoms with Crippen LogP contribution in [0, 0.1) is 17.7 Å². The Kier molecular flexibility index (Phi) is 5.38. The van der Waals surface area contributed by atoms with Crippen molar-refractivity contribution >= 4 is 23.2 Å². The molecule has 2 fully saturated rings. The van der Waals surface area contributed by atoms with E-state index < -0.39 is 0 Å². The molecule has 0 spiro atoms. The van der Waals surface area contributed by atoms with Crippen LogP contribution in [0.2, 0.25) is 0 Å². The van der Waals surface area contributed by atoms with Crippen LogP contribution < -0.4 is 15.0 Å². The topological polar surface area (TPSA) is 61.9 Å². The lowest BCUT2D eigenvalue weighted by atomic mass is 10.2. The molecule has 1 saturated heterocycles. The predicted molar refractivity (Wildman–Crippen MR) is 108 cm³/mol. The second-order valence-electron chi connectivity index (χ2n) is 7.43. The van der Waals surface area contributed by atoms with E-state index in [1.54, 1.807) is 31.4 Å². The van der Waals surface area contributed by atoms with Crippen LogP contribution in [0.3, 0.4) is 0 Å². The summed E-state index contributed by atoms with van der Waals surface area (Å²) >= 11 is 0. The van der Waals surface area contributed by atoms with E-state index in [4.69, 9.17) is 4.74 Å². The molecule has 1 heterocycles. The standard InChI is InChI=1S/C22H24FN3O3/c1-29-20-5-3-2-4-19(20)24-21(27)17-14-18(17)22(28)26-12-10-25(11-13-26)16-8-6-15(23)7-9-16/h2-9,17-18H,10-14H2,1H3,(H,24,27). The molecule has 1 aliphatic heterocycles. The van der Waals surface area contributed by atoms with E-state index in [9.17, 15) is 14.0 Å². The first kappa shape index (κ1) is 19.2. The van der Waals surface area contributed by atoms with Crippen LogP contribution >= 0.6 is 0 Å². The van der Waals surface area contributed by atoms with Gasteiger partial charge in [-0.2, -0.15) is 0 Å². The summed E-state index contributed by atoms with van der Waals surface area (Å²) in [6, 6.07) is 13.6. The monoisotopic (exact) mass is 397 g/mol. The van der Waals surface area contributed by atoms with Crippen LogP contribution in [0.4, 0.5) is 15.8 Å². The highest BCUT2D eigenvalue weighted by atomic mass is 19.1. The van der Waals surface area contributed by atoms with Gasteiger partial charge in [0.25, 0.3) is 0 Å². The number of halogens is 1. The third-order valence-corrected chi connectivity index (χ3v) is 5.59. The van der Waals surface area contributed by atoms with Gasteiger partial charge in [-0.3, -0.25) is 9.59 Å². The molecule has 0 radical (unpaired) electrons. The first-order valence-electron chi connectivity index (χ1n) is 9.80. The lowest BCUT2D eigenvalue weighted by molar-refractivity contribution is -0.134. The van der Waals surface area contributed by atoms with Crippen molar-refractivity contribution in [1.29, 1.82) is 0 Å². The Morgan fingerprint density at radius 1 is 1.00 bits per heavy atom. The minimum absolute atomic E-state index is 0.0453. The second kappa shape index (κ2) is 8.11. The molecule has 1 saturated carbocycles. The summed E-state index contributed by atoms with van der Waals surface area (Å²) < 4.78 is 18.3. The highest BCUT2D eigenvalue weighted by Crippen LogP contribution is 2.41. The summed E-state index contributed by atoms with van der Waals surface area (Å²) in [4.78, 5) is 29.3. The van der Waals surface area contributed by atoms with E-state index in [1.807, 2.05) is 17.0 Å². The number of carbonyl (C=O) groups is 2. The van der Waals surface area contributed by atoms with E-state index in [0.29, 0.717) is 44.0 Å². The largest absolute Gasteiger partial charge is 0.495 e. The van der Waals surface area contributed by atoms with Gasteiger partial charge < -0.3 is 19.9 Å². The zero-order chi connectivity index (χ0) is 20.4. The molecule has 2 unspecified atom stereocenters. The maximum absolute atomic E-state index is 13.1. The number of anilines is 2. The maximum Gasteiger partial charge on any atom is 0.228 e. The molecule has 0 aromatic heterocycles. The van der Waals surface area contributed by atoms with E-state index in [-0.39, 0.29) is 29.5 Å². The van der Waals surface area contributed by atoms with Crippen LogP contribution in [0.5, 0.6) is 5.75 Å². The molecule has 2 atom stereocenters. The van der Waals surface area contributed by atoms with Gasteiger partial charge in [-0.05, 0) is 42.8 Å². The van der Waals surface area contributed by atoms with E-state index in [2.05, 4.69) is 10.2 Å². The molecule has 2 aromatic rings. The normalized spacial score (nSPS) is 20.9. The van der Waals surface area contributed by atoms with Crippen LogP contribution in [0.1, 0.15) is 6.42 Å². The number of rotatable bonds is 5. The predicted octanol–water partition coefficient (Wildman–Crippen LogP) is 2.76. The quantitative estimate of drug-likeness (QED) is 0.843. The summed E-state index contributed by atoms with van der Waals surface area (Å²) in [6.45, 7) is 2.60. The minimum atomic E-state index is -0.289. The van der Waals surface area contributed by atoms with Crippen molar-refractivity contribution in [2.75, 3.05) is 43.5 Å². The van der Waals surface area contributed by atoms with Crippen LogP contribution in [-0.2, 0) is 9.59 Å². The summed E-state index contributed by atoms with van der Waals surface area (Å²) in [5.74, 6) is -0.290. The maximum atomic E-state index is 13.1. The van der Waals surface area contributed by atoms with Gasteiger partial charge in [-0.15, -0.1) is 0 Å². The number of para-hydroxylation sites is 2. The molecule has 2 aromatic carbocycles. The van der Waals surface area contributed by atoms with Crippen molar-refractivity contribution in [1.82, 2.24) is 4.90 Å². The van der Waals surface area contributed by atoms with Crippen molar-refractivity contribution in [3.05, 3.63) is 54.3 Å². The first-order valence-corrected chi connectivity index (χ1v) is 9.80. The van der Waals surface area contributed by atoms with Gasteiger partial charge in [0.15, 0.2) is 0 Å². The number of ether oxygens (including phenoxy) is 1. The highest BCUT2D eigenvalue weighted by molar-refractivity contribution is 6.00. The van der Waals surface area contributed by atoms with Crippen LogP contribution in [0.25, 0.3) is 0 Å². The molecule has 152 valence electrons. The van der Waals surface area contributed by atoms with Crippen LogP contribution in [0.15, 0.2) is 48.5 Å². The molecule has 0 bridgehead atoms. The van der Waals surface area contributed by atoms with Gasteiger partial charge >= 0.3 is 0 Å². The van der Waals surface area contributed by atoms with E-state index in [1.165, 1.54) is 12.1 Å². The Hall–Kier alpha value is -3.09. The lowest BCUT2D eigenvalue weighted by Crippen LogP contribution is -2.49. The average molecular weight is 397 g/mol. The summed E-state index contributed by atoms with van der Waals surface area (Å²) in [5, 5.41) is 2.87. The zero-order valence-electron chi connectivity index (χ0n) is 16.3. The number of benzene rings is 2. The second-order valence-corrected chi connectivity index (χ2v) is 7.43. The Balaban J connectivity index is 1.29. The summed E-state index contributed by atoms with van der Waals surface area (Å²) in [7, 11) is 1.56. The number of nitrogens with one attached hydrogen (secondary N) is 1. The molecule has 1 aliphatic carbocycles. The number of hydrogen-bond donors (Lipinski definition) is 1. The fraction of sp³-hybridized carbons (Fsp3) is 0.364. The van der Waals surface area contributed by atoms with E-state index in [0.717, 1.165) is 5.69 Å². The molecular weight excluding hydrogens is 373 g/mol. The lowest BCUT2D eigenvalue weighted by Gasteiger charge is -2.36. The van der Waals surface area contributed by atoms with Crippen molar-refractivity contribution in [2.45, 2.75) is 6.42 Å². The Morgan fingerprint density at radius 3 is 2.38 bits per heavy atom. The van der Waals surface area contributed by atoms with Gasteiger partial charge in [0.1, 0.15) is 11.6 Å². The fourth-order valence-corrected chi connectivity index (χ4v) is 3.80. The number of methoxy groups -OCH3 is 1. The Labute approximate surface area is 169 Å². The number of amides is 2. The molecule has 1 N–H and O–H groups in total. The van der Waals surface area contributed by atoms with Crippen LogP contribution in [-0.4, -0.2) is 50.0 Å². The molecule has 29 heavy (non-hydrogen) atoms. The first-order chi connectivity index (χ1) is 14.1. The third-order valence-electron chi connectivity index (χ3n) is 5.59. The zero-order valence-corrected chi connectivity index (χ0v) is 16.3. The van der Waals surface area contributed by atoms with Crippen molar-refractivity contribution < 1.29 is 18.7 Å². The molecule has 4 rings (SSSR count). The Bertz CT molecular complexity index is 894. The van der Waals surface area contributed by atoms with Crippen molar-refractivity contribution in [2.24, 2.45) is 11.8 Å². The van der Waals surface area contributed by atoms with E-state index >= 15 is 0 Å².